The van der Waals surface area contributed by atoms with Gasteiger partial charge in [-0.3, -0.25) is 0 Å². The van der Waals surface area contributed by atoms with Gasteiger partial charge in [0.15, 0.2) is 0 Å². The van der Waals surface area contributed by atoms with Gasteiger partial charge in [-0.25, -0.2) is 8.78 Å². The third-order valence-corrected chi connectivity index (χ3v) is 2.78. The van der Waals surface area contributed by atoms with Crippen LogP contribution >= 0.6 is 11.6 Å². The van der Waals surface area contributed by atoms with Crippen molar-refractivity contribution in [3.05, 3.63) is 58.6 Å². The molecule has 0 radical (unpaired) electrons. The Hall–Kier alpha value is -1.81. The molecule has 18 heavy (non-hydrogen) atoms. The molecule has 0 aliphatic carbocycles. The molecule has 0 saturated heterocycles. The Balaban J connectivity index is 2.16. The van der Waals surface area contributed by atoms with Crippen LogP contribution in [-0.4, -0.2) is 5.11 Å². The number of benzene rings is 2. The monoisotopic (exact) mass is 269 g/mol. The second-order valence-corrected chi connectivity index (χ2v) is 4.16. The lowest BCUT2D eigenvalue weighted by Crippen LogP contribution is -2.01. The maximum absolute atomic E-state index is 13.0. The molecule has 0 aromatic heterocycles. The van der Waals surface area contributed by atoms with Crippen LogP contribution in [-0.2, 0) is 6.54 Å². The summed E-state index contributed by atoms with van der Waals surface area (Å²) in [6.45, 7) is 0.175. The number of rotatable bonds is 3. The van der Waals surface area contributed by atoms with Crippen molar-refractivity contribution in [1.82, 2.24) is 0 Å². The quantitative estimate of drug-likeness (QED) is 0.885. The number of phenolic OH excluding ortho intramolecular Hbond substituents is 1. The number of hydrogen-bond acceptors (Lipinski definition) is 2. The van der Waals surface area contributed by atoms with Crippen molar-refractivity contribution >= 4 is 17.3 Å². The molecule has 0 heterocycles. The fraction of sp³-hybridized carbons (Fsp3) is 0.0769. The van der Waals surface area contributed by atoms with Gasteiger partial charge in [-0.1, -0.05) is 17.7 Å². The molecule has 0 spiro atoms. The van der Waals surface area contributed by atoms with Gasteiger partial charge in [-0.2, -0.15) is 0 Å². The van der Waals surface area contributed by atoms with Crippen LogP contribution in [0.25, 0.3) is 0 Å². The molecule has 2 N–H and O–H groups in total. The van der Waals surface area contributed by atoms with E-state index in [1.54, 1.807) is 12.1 Å². The maximum Gasteiger partial charge on any atom is 0.128 e. The zero-order valence-corrected chi connectivity index (χ0v) is 10.0. The van der Waals surface area contributed by atoms with Crippen LogP contribution in [0, 0.1) is 11.6 Å². The first-order valence-corrected chi connectivity index (χ1v) is 5.60. The summed E-state index contributed by atoms with van der Waals surface area (Å²) in [6, 6.07) is 7.86. The molecule has 0 amide bonds. The zero-order chi connectivity index (χ0) is 13.1. The molecule has 2 nitrogen and oxygen atoms in total. The molecule has 2 aromatic rings. The van der Waals surface area contributed by atoms with Gasteiger partial charge >= 0.3 is 0 Å². The summed E-state index contributed by atoms with van der Waals surface area (Å²) in [7, 11) is 0. The molecule has 5 heteroatoms. The van der Waals surface area contributed by atoms with E-state index in [-0.39, 0.29) is 18.0 Å². The first-order chi connectivity index (χ1) is 8.56. The van der Waals surface area contributed by atoms with Crippen LogP contribution < -0.4 is 5.32 Å². The highest BCUT2D eigenvalue weighted by Crippen LogP contribution is 2.26. The summed E-state index contributed by atoms with van der Waals surface area (Å²) in [5.41, 5.74) is 0.760. The molecular weight excluding hydrogens is 260 g/mol. The Labute approximate surface area is 108 Å². The van der Waals surface area contributed by atoms with Crippen LogP contribution in [0.3, 0.4) is 0 Å². The van der Waals surface area contributed by atoms with Gasteiger partial charge in [-0.05, 0) is 24.3 Å². The fourth-order valence-corrected chi connectivity index (χ4v) is 1.80. The average molecular weight is 270 g/mol. The van der Waals surface area contributed by atoms with Crippen molar-refractivity contribution < 1.29 is 13.9 Å². The molecule has 0 fully saturated rings. The number of aromatic hydroxyl groups is 1. The van der Waals surface area contributed by atoms with Gasteiger partial charge in [0.1, 0.15) is 17.4 Å². The number of halogens is 3. The van der Waals surface area contributed by atoms with Gasteiger partial charge in [0.05, 0.1) is 0 Å². The number of hydrogen-bond donors (Lipinski definition) is 2. The predicted octanol–water partition coefficient (Wildman–Crippen LogP) is 3.94. The molecule has 2 rings (SSSR count). The van der Waals surface area contributed by atoms with E-state index in [0.717, 1.165) is 18.2 Å². The second kappa shape index (κ2) is 5.23. The highest BCUT2D eigenvalue weighted by atomic mass is 35.5. The van der Waals surface area contributed by atoms with Crippen LogP contribution in [0.5, 0.6) is 5.75 Å². The highest BCUT2D eigenvalue weighted by molar-refractivity contribution is 6.31. The first kappa shape index (κ1) is 12.6. The minimum Gasteiger partial charge on any atom is -0.508 e. The Morgan fingerprint density at radius 3 is 2.39 bits per heavy atom. The Kier molecular flexibility index (Phi) is 3.67. The van der Waals surface area contributed by atoms with E-state index in [1.807, 2.05) is 0 Å². The van der Waals surface area contributed by atoms with E-state index in [4.69, 9.17) is 11.6 Å². The third-order valence-electron chi connectivity index (χ3n) is 2.43. The molecule has 0 aliphatic heterocycles. The topological polar surface area (TPSA) is 32.3 Å². The molecule has 0 aliphatic rings. The van der Waals surface area contributed by atoms with Crippen LogP contribution in [0.2, 0.25) is 5.02 Å². The summed E-state index contributed by atoms with van der Waals surface area (Å²) in [4.78, 5) is 0. The summed E-state index contributed by atoms with van der Waals surface area (Å²) < 4.78 is 25.9. The van der Waals surface area contributed by atoms with Crippen molar-refractivity contribution in [2.75, 3.05) is 5.32 Å². The summed E-state index contributed by atoms with van der Waals surface area (Å²) >= 11 is 5.91. The Morgan fingerprint density at radius 1 is 1.11 bits per heavy atom. The molecule has 94 valence electrons. The van der Waals surface area contributed by atoms with Gasteiger partial charge in [0.25, 0.3) is 0 Å². The molecule has 0 unspecified atom stereocenters. The predicted molar refractivity (Wildman–Crippen MR) is 66.8 cm³/mol. The molecule has 0 bridgehead atoms. The summed E-state index contributed by atoms with van der Waals surface area (Å²) in [5.74, 6) is -1.30. The standard InChI is InChI=1S/C13H10ClF2NO/c14-12-2-1-3-13(18)11(12)7-17-10-5-8(15)4-9(16)6-10/h1-6,17-18H,7H2. The molecule has 0 atom stereocenters. The van der Waals surface area contributed by atoms with Crippen LogP contribution in [0.4, 0.5) is 14.5 Å². The minimum absolute atomic E-state index is 0.0341. The average Bonchev–Trinajstić information content (AvgIpc) is 2.27. The zero-order valence-electron chi connectivity index (χ0n) is 9.25. The highest BCUT2D eigenvalue weighted by Gasteiger charge is 2.06. The second-order valence-electron chi connectivity index (χ2n) is 3.75. The van der Waals surface area contributed by atoms with Crippen LogP contribution in [0.15, 0.2) is 36.4 Å². The maximum atomic E-state index is 13.0. The van der Waals surface area contributed by atoms with E-state index in [9.17, 15) is 13.9 Å². The van der Waals surface area contributed by atoms with Gasteiger partial charge < -0.3 is 10.4 Å². The normalized spacial score (nSPS) is 10.4. The van der Waals surface area contributed by atoms with Crippen molar-refractivity contribution in [3.63, 3.8) is 0 Å². The number of phenols is 1. The molecule has 2 aromatic carbocycles. The smallest absolute Gasteiger partial charge is 0.128 e. The van der Waals surface area contributed by atoms with Gasteiger partial charge in [0, 0.05) is 28.9 Å². The van der Waals surface area contributed by atoms with E-state index in [1.165, 1.54) is 6.07 Å². The Morgan fingerprint density at radius 2 is 1.78 bits per heavy atom. The van der Waals surface area contributed by atoms with Crippen molar-refractivity contribution in [2.24, 2.45) is 0 Å². The van der Waals surface area contributed by atoms with E-state index < -0.39 is 11.6 Å². The van der Waals surface area contributed by atoms with E-state index >= 15 is 0 Å². The Bertz CT molecular complexity index is 534. The first-order valence-electron chi connectivity index (χ1n) is 5.22. The molecular formula is C13H10ClF2NO. The van der Waals surface area contributed by atoms with Gasteiger partial charge in [0.2, 0.25) is 0 Å². The lowest BCUT2D eigenvalue weighted by atomic mass is 10.2. The van der Waals surface area contributed by atoms with E-state index in [0.29, 0.717) is 10.6 Å². The van der Waals surface area contributed by atoms with Gasteiger partial charge in [-0.15, -0.1) is 0 Å². The fourth-order valence-electron chi connectivity index (χ4n) is 1.57. The minimum atomic E-state index is -0.666. The van der Waals surface area contributed by atoms with E-state index in [2.05, 4.69) is 5.32 Å². The lowest BCUT2D eigenvalue weighted by molar-refractivity contribution is 0.469. The molecule has 0 saturated carbocycles. The lowest BCUT2D eigenvalue weighted by Gasteiger charge is -2.10. The summed E-state index contributed by atoms with van der Waals surface area (Å²) in [6.07, 6.45) is 0. The van der Waals surface area contributed by atoms with Crippen molar-refractivity contribution in [1.29, 1.82) is 0 Å². The largest absolute Gasteiger partial charge is 0.508 e. The summed E-state index contributed by atoms with van der Waals surface area (Å²) in [5, 5.41) is 12.8. The van der Waals surface area contributed by atoms with Crippen LogP contribution in [0.1, 0.15) is 5.56 Å². The SMILES string of the molecule is Oc1cccc(Cl)c1CNc1cc(F)cc(F)c1. The third kappa shape index (κ3) is 2.90. The number of anilines is 1. The van der Waals surface area contributed by atoms with Crippen molar-refractivity contribution in [3.8, 4) is 5.75 Å². The number of nitrogens with one attached hydrogen (secondary N) is 1. The van der Waals surface area contributed by atoms with Crippen molar-refractivity contribution in [2.45, 2.75) is 6.54 Å².